The van der Waals surface area contributed by atoms with Crippen LogP contribution in [0.2, 0.25) is 5.02 Å². The third-order valence-corrected chi connectivity index (χ3v) is 3.46. The molecule has 0 atom stereocenters. The average molecular weight is 362 g/mol. The molecule has 0 N–H and O–H groups in total. The van der Waals surface area contributed by atoms with Crippen LogP contribution in [0.25, 0.3) is 0 Å². The molecule has 0 amide bonds. The fourth-order valence-corrected chi connectivity index (χ4v) is 2.33. The van der Waals surface area contributed by atoms with Gasteiger partial charge >= 0.3 is 0 Å². The van der Waals surface area contributed by atoms with E-state index in [9.17, 15) is 0 Å². The molecule has 0 heterocycles. The van der Waals surface area contributed by atoms with Crippen molar-refractivity contribution in [2.24, 2.45) is 0 Å². The third kappa shape index (κ3) is 2.78. The minimum absolute atomic E-state index is 0.673. The van der Waals surface area contributed by atoms with E-state index in [1.54, 1.807) is 12.1 Å². The van der Waals surface area contributed by atoms with Crippen LogP contribution in [0, 0.1) is 0 Å². The summed E-state index contributed by atoms with van der Waals surface area (Å²) in [5.41, 5.74) is 0. The Morgan fingerprint density at radius 3 is 2.25 bits per heavy atom. The summed E-state index contributed by atoms with van der Waals surface area (Å²) in [7, 11) is 0. The van der Waals surface area contributed by atoms with Gasteiger partial charge in [0, 0.05) is 5.02 Å². The van der Waals surface area contributed by atoms with Gasteiger partial charge in [-0.25, -0.2) is 0 Å². The Morgan fingerprint density at radius 1 is 0.875 bits per heavy atom. The lowest BCUT2D eigenvalue weighted by atomic mass is 10.3. The number of ether oxygens (including phenoxy) is 1. The first-order valence-corrected chi connectivity index (χ1v) is 6.50. The van der Waals surface area contributed by atoms with Crippen molar-refractivity contribution in [3.05, 3.63) is 56.4 Å². The van der Waals surface area contributed by atoms with Crippen molar-refractivity contribution in [1.29, 1.82) is 0 Å². The highest BCUT2D eigenvalue weighted by molar-refractivity contribution is 9.11. The van der Waals surface area contributed by atoms with E-state index >= 15 is 0 Å². The van der Waals surface area contributed by atoms with Crippen LogP contribution in [0.1, 0.15) is 0 Å². The Morgan fingerprint density at radius 2 is 1.56 bits per heavy atom. The molecule has 0 saturated carbocycles. The van der Waals surface area contributed by atoms with Crippen LogP contribution < -0.4 is 4.74 Å². The topological polar surface area (TPSA) is 9.23 Å². The molecule has 0 aliphatic carbocycles. The highest BCUT2D eigenvalue weighted by atomic mass is 79.9. The Bertz CT molecular complexity index is 514. The van der Waals surface area contributed by atoms with Gasteiger partial charge in [0.25, 0.3) is 0 Å². The van der Waals surface area contributed by atoms with Crippen molar-refractivity contribution in [3.63, 3.8) is 0 Å². The number of para-hydroxylation sites is 1. The van der Waals surface area contributed by atoms with E-state index in [-0.39, 0.29) is 0 Å². The van der Waals surface area contributed by atoms with Gasteiger partial charge in [0.15, 0.2) is 0 Å². The van der Waals surface area contributed by atoms with Gasteiger partial charge in [0.1, 0.15) is 11.5 Å². The van der Waals surface area contributed by atoms with Crippen LogP contribution in [-0.2, 0) is 0 Å². The molecule has 0 radical (unpaired) electrons. The van der Waals surface area contributed by atoms with Crippen LogP contribution in [0.15, 0.2) is 51.4 Å². The Hall–Kier alpha value is -0.510. The Balaban J connectivity index is 2.31. The maximum atomic E-state index is 5.86. The maximum absolute atomic E-state index is 5.86. The zero-order valence-electron chi connectivity index (χ0n) is 8.08. The van der Waals surface area contributed by atoms with E-state index < -0.39 is 0 Å². The molecular weight excluding hydrogens is 355 g/mol. The summed E-state index contributed by atoms with van der Waals surface area (Å²) in [6.45, 7) is 0. The predicted octanol–water partition coefficient (Wildman–Crippen LogP) is 5.66. The molecule has 0 fully saturated rings. The quantitative estimate of drug-likeness (QED) is 0.670. The molecule has 0 aliphatic rings. The zero-order chi connectivity index (χ0) is 11.5. The highest BCUT2D eigenvalue weighted by Crippen LogP contribution is 2.34. The monoisotopic (exact) mass is 360 g/mol. The summed E-state index contributed by atoms with van der Waals surface area (Å²) in [4.78, 5) is 0. The number of rotatable bonds is 2. The van der Waals surface area contributed by atoms with E-state index in [2.05, 4.69) is 31.9 Å². The fourth-order valence-electron chi connectivity index (χ4n) is 1.20. The summed E-state index contributed by atoms with van der Waals surface area (Å²) >= 11 is 12.7. The summed E-state index contributed by atoms with van der Waals surface area (Å²) in [5.74, 6) is 1.50. The molecular formula is C12H7Br2ClO. The molecule has 2 aromatic rings. The van der Waals surface area contributed by atoms with Crippen molar-refractivity contribution in [3.8, 4) is 11.5 Å². The fraction of sp³-hybridized carbons (Fsp3) is 0. The van der Waals surface area contributed by atoms with E-state index in [1.807, 2.05) is 30.3 Å². The van der Waals surface area contributed by atoms with E-state index in [4.69, 9.17) is 16.3 Å². The minimum atomic E-state index is 0.673. The zero-order valence-corrected chi connectivity index (χ0v) is 12.0. The largest absolute Gasteiger partial charge is 0.455 e. The van der Waals surface area contributed by atoms with Gasteiger partial charge in [-0.05, 0) is 62.2 Å². The smallest absolute Gasteiger partial charge is 0.141 e. The van der Waals surface area contributed by atoms with Gasteiger partial charge in [-0.1, -0.05) is 23.7 Å². The predicted molar refractivity (Wildman–Crippen MR) is 73.4 cm³/mol. The van der Waals surface area contributed by atoms with Gasteiger partial charge < -0.3 is 4.74 Å². The second-order valence-electron chi connectivity index (χ2n) is 3.11. The van der Waals surface area contributed by atoms with Crippen molar-refractivity contribution in [2.75, 3.05) is 0 Å². The van der Waals surface area contributed by atoms with Gasteiger partial charge in [-0.15, -0.1) is 0 Å². The van der Waals surface area contributed by atoms with Crippen molar-refractivity contribution in [1.82, 2.24) is 0 Å². The van der Waals surface area contributed by atoms with E-state index in [0.29, 0.717) is 5.02 Å². The maximum Gasteiger partial charge on any atom is 0.141 e. The van der Waals surface area contributed by atoms with Crippen LogP contribution in [0.3, 0.4) is 0 Å². The first-order chi connectivity index (χ1) is 7.66. The normalized spacial score (nSPS) is 10.2. The van der Waals surface area contributed by atoms with Crippen LogP contribution in [0.5, 0.6) is 11.5 Å². The second kappa shape index (κ2) is 5.21. The van der Waals surface area contributed by atoms with Crippen molar-refractivity contribution in [2.45, 2.75) is 0 Å². The van der Waals surface area contributed by atoms with Gasteiger partial charge in [0.05, 0.1) is 8.95 Å². The molecule has 0 unspecified atom stereocenters. The molecule has 4 heteroatoms. The lowest BCUT2D eigenvalue weighted by molar-refractivity contribution is 0.476. The highest BCUT2D eigenvalue weighted by Gasteiger charge is 2.05. The number of halogens is 3. The molecule has 0 bridgehead atoms. The molecule has 0 aromatic heterocycles. The van der Waals surface area contributed by atoms with E-state index in [1.165, 1.54) is 0 Å². The summed E-state index contributed by atoms with van der Waals surface area (Å²) in [5, 5.41) is 0.673. The minimum Gasteiger partial charge on any atom is -0.455 e. The number of benzene rings is 2. The molecule has 1 nitrogen and oxygen atoms in total. The Kier molecular flexibility index (Phi) is 3.90. The molecule has 2 rings (SSSR count). The Labute approximate surface area is 116 Å². The van der Waals surface area contributed by atoms with Gasteiger partial charge in [-0.3, -0.25) is 0 Å². The molecule has 16 heavy (non-hydrogen) atoms. The van der Waals surface area contributed by atoms with Gasteiger partial charge in [0.2, 0.25) is 0 Å². The van der Waals surface area contributed by atoms with Gasteiger partial charge in [-0.2, -0.15) is 0 Å². The van der Waals surface area contributed by atoms with E-state index in [0.717, 1.165) is 20.4 Å². The van der Waals surface area contributed by atoms with Crippen LogP contribution in [0.4, 0.5) is 0 Å². The lowest BCUT2D eigenvalue weighted by Gasteiger charge is -2.09. The standard InChI is InChI=1S/C12H7Br2ClO/c13-9-3-1-2-4-11(9)16-12-6-5-8(15)7-10(12)14/h1-7H. The SMILES string of the molecule is Clc1ccc(Oc2ccccc2Br)c(Br)c1. The first kappa shape index (κ1) is 12.0. The molecule has 0 aliphatic heterocycles. The summed E-state index contributed by atoms with van der Waals surface area (Å²) < 4.78 is 7.49. The van der Waals surface area contributed by atoms with Crippen LogP contribution >= 0.6 is 43.5 Å². The average Bonchev–Trinajstić information content (AvgIpc) is 2.25. The summed E-state index contributed by atoms with van der Waals surface area (Å²) in [6, 6.07) is 13.1. The van der Waals surface area contributed by atoms with Crippen LogP contribution in [-0.4, -0.2) is 0 Å². The van der Waals surface area contributed by atoms with Crippen molar-refractivity contribution < 1.29 is 4.74 Å². The number of hydrogen-bond acceptors (Lipinski definition) is 1. The molecule has 2 aromatic carbocycles. The molecule has 0 spiro atoms. The second-order valence-corrected chi connectivity index (χ2v) is 5.25. The van der Waals surface area contributed by atoms with Crippen molar-refractivity contribution >= 4 is 43.5 Å². The summed E-state index contributed by atoms with van der Waals surface area (Å²) in [6.07, 6.45) is 0. The number of hydrogen-bond donors (Lipinski definition) is 0. The first-order valence-electron chi connectivity index (χ1n) is 4.54. The molecule has 0 saturated heterocycles. The lowest BCUT2D eigenvalue weighted by Crippen LogP contribution is -1.86. The third-order valence-electron chi connectivity index (χ3n) is 1.95. The molecule has 82 valence electrons.